The molecule has 1 heterocycles. The predicted molar refractivity (Wildman–Crippen MR) is 78.5 cm³/mol. The van der Waals surface area contributed by atoms with Gasteiger partial charge >= 0.3 is 0 Å². The Morgan fingerprint density at radius 3 is 2.67 bits per heavy atom. The minimum atomic E-state index is 0.342. The molecular weight excluding hydrogens is 244 g/mol. The van der Waals surface area contributed by atoms with Crippen LogP contribution in [0.5, 0.6) is 0 Å². The van der Waals surface area contributed by atoms with E-state index in [1.165, 1.54) is 10.7 Å². The van der Waals surface area contributed by atoms with E-state index in [4.69, 9.17) is 4.74 Å². The fourth-order valence-corrected chi connectivity index (χ4v) is 2.50. The van der Waals surface area contributed by atoms with E-state index in [1.807, 2.05) is 0 Å². The van der Waals surface area contributed by atoms with Gasteiger partial charge in [0, 0.05) is 25.0 Å². The van der Waals surface area contributed by atoms with Crippen LogP contribution in [0.15, 0.2) is 5.38 Å². The van der Waals surface area contributed by atoms with Gasteiger partial charge in [-0.3, -0.25) is 0 Å². The number of aromatic nitrogens is 1. The van der Waals surface area contributed by atoms with E-state index in [2.05, 4.69) is 43.4 Å². The molecule has 1 N–H and O–H groups in total. The maximum atomic E-state index is 5.49. The zero-order chi connectivity index (χ0) is 13.4. The lowest BCUT2D eigenvalue weighted by Crippen LogP contribution is -2.20. The topological polar surface area (TPSA) is 34.1 Å². The molecule has 0 fully saturated rings. The summed E-state index contributed by atoms with van der Waals surface area (Å²) in [7, 11) is 0. The summed E-state index contributed by atoms with van der Waals surface area (Å²) in [5, 5.41) is 6.85. The lowest BCUT2D eigenvalue weighted by molar-refractivity contribution is 0.0771. The summed E-state index contributed by atoms with van der Waals surface area (Å²) < 4.78 is 5.49. The first kappa shape index (κ1) is 15.6. The molecule has 18 heavy (non-hydrogen) atoms. The van der Waals surface area contributed by atoms with Gasteiger partial charge in [0.15, 0.2) is 0 Å². The van der Waals surface area contributed by atoms with Crippen molar-refractivity contribution in [3.8, 4) is 0 Å². The second kappa shape index (κ2) is 8.62. The largest absolute Gasteiger partial charge is 0.379 e. The van der Waals surface area contributed by atoms with E-state index in [1.54, 1.807) is 11.3 Å². The second-order valence-corrected chi connectivity index (χ2v) is 6.04. The maximum Gasteiger partial charge on any atom is 0.0941 e. The van der Waals surface area contributed by atoms with Crippen molar-refractivity contribution >= 4 is 11.3 Å². The van der Waals surface area contributed by atoms with Gasteiger partial charge in [-0.25, -0.2) is 4.98 Å². The summed E-state index contributed by atoms with van der Waals surface area (Å²) in [6, 6.07) is 0. The summed E-state index contributed by atoms with van der Waals surface area (Å²) in [6.45, 7) is 11.4. The number of nitrogens with one attached hydrogen (secondary N) is 1. The molecule has 0 amide bonds. The number of hydrogen-bond acceptors (Lipinski definition) is 4. The number of nitrogens with zero attached hydrogens (tertiary/aromatic N) is 1. The van der Waals surface area contributed by atoms with E-state index >= 15 is 0 Å². The standard InChI is InChI=1S/C14H26N2OS/c1-11(2)13-10-18-14(16-13)6-8-15-7-5-9-17-12(3)4/h10-12,15H,5-9H2,1-4H3. The van der Waals surface area contributed by atoms with E-state index in [-0.39, 0.29) is 0 Å². The highest BCUT2D eigenvalue weighted by atomic mass is 32.1. The van der Waals surface area contributed by atoms with Gasteiger partial charge in [0.25, 0.3) is 0 Å². The van der Waals surface area contributed by atoms with Crippen LogP contribution in [0.2, 0.25) is 0 Å². The molecular formula is C14H26N2OS. The van der Waals surface area contributed by atoms with Crippen LogP contribution in [0.1, 0.15) is 50.7 Å². The van der Waals surface area contributed by atoms with E-state index in [0.29, 0.717) is 12.0 Å². The fourth-order valence-electron chi connectivity index (χ4n) is 1.54. The van der Waals surface area contributed by atoms with Crippen molar-refractivity contribution in [1.82, 2.24) is 10.3 Å². The number of ether oxygens (including phenoxy) is 1. The van der Waals surface area contributed by atoms with Gasteiger partial charge in [0.05, 0.1) is 16.8 Å². The van der Waals surface area contributed by atoms with E-state index in [9.17, 15) is 0 Å². The average Bonchev–Trinajstić information content (AvgIpc) is 2.76. The molecule has 0 saturated heterocycles. The van der Waals surface area contributed by atoms with Gasteiger partial charge < -0.3 is 10.1 Å². The molecule has 0 unspecified atom stereocenters. The number of hydrogen-bond donors (Lipinski definition) is 1. The van der Waals surface area contributed by atoms with Gasteiger partial charge in [-0.15, -0.1) is 11.3 Å². The summed E-state index contributed by atoms with van der Waals surface area (Å²) in [6.07, 6.45) is 2.45. The van der Waals surface area contributed by atoms with E-state index in [0.717, 1.165) is 32.5 Å². The van der Waals surface area contributed by atoms with Gasteiger partial charge in [-0.2, -0.15) is 0 Å². The third kappa shape index (κ3) is 6.47. The highest BCUT2D eigenvalue weighted by Crippen LogP contribution is 2.17. The molecule has 0 bridgehead atoms. The van der Waals surface area contributed by atoms with Gasteiger partial charge in [-0.1, -0.05) is 13.8 Å². The zero-order valence-corrected chi connectivity index (χ0v) is 12.8. The summed E-state index contributed by atoms with van der Waals surface area (Å²) in [5.74, 6) is 0.538. The lowest BCUT2D eigenvalue weighted by Gasteiger charge is -2.07. The van der Waals surface area contributed by atoms with Crippen LogP contribution < -0.4 is 5.32 Å². The third-order valence-corrected chi connectivity index (χ3v) is 3.55. The van der Waals surface area contributed by atoms with Crippen LogP contribution in [0.3, 0.4) is 0 Å². The summed E-state index contributed by atoms with van der Waals surface area (Å²) in [4.78, 5) is 4.62. The minimum Gasteiger partial charge on any atom is -0.379 e. The zero-order valence-electron chi connectivity index (χ0n) is 12.0. The summed E-state index contributed by atoms with van der Waals surface area (Å²) in [5.41, 5.74) is 1.22. The Balaban J connectivity index is 2.03. The molecule has 0 aliphatic carbocycles. The van der Waals surface area contributed by atoms with Gasteiger partial charge in [0.1, 0.15) is 0 Å². The molecule has 0 saturated carbocycles. The van der Waals surface area contributed by atoms with Crippen LogP contribution in [0.25, 0.3) is 0 Å². The van der Waals surface area contributed by atoms with Crippen LogP contribution in [-0.2, 0) is 11.2 Å². The Hall–Kier alpha value is -0.450. The van der Waals surface area contributed by atoms with Crippen molar-refractivity contribution in [2.24, 2.45) is 0 Å². The molecule has 1 aromatic rings. The van der Waals surface area contributed by atoms with Crippen molar-refractivity contribution in [2.75, 3.05) is 19.7 Å². The van der Waals surface area contributed by atoms with Gasteiger partial charge in [0.2, 0.25) is 0 Å². The fraction of sp³-hybridized carbons (Fsp3) is 0.786. The van der Waals surface area contributed by atoms with Gasteiger partial charge in [-0.05, 0) is 32.7 Å². The smallest absolute Gasteiger partial charge is 0.0941 e. The van der Waals surface area contributed by atoms with Crippen molar-refractivity contribution in [3.63, 3.8) is 0 Å². The first-order valence-electron chi connectivity index (χ1n) is 6.86. The number of rotatable bonds is 9. The molecule has 3 nitrogen and oxygen atoms in total. The Kier molecular flexibility index (Phi) is 7.47. The van der Waals surface area contributed by atoms with Crippen molar-refractivity contribution in [3.05, 3.63) is 16.1 Å². The molecule has 0 aliphatic heterocycles. The Morgan fingerprint density at radius 2 is 2.06 bits per heavy atom. The SMILES string of the molecule is CC(C)OCCCNCCc1nc(C(C)C)cs1. The first-order chi connectivity index (χ1) is 8.59. The van der Waals surface area contributed by atoms with E-state index < -0.39 is 0 Å². The lowest BCUT2D eigenvalue weighted by atomic mass is 10.2. The van der Waals surface area contributed by atoms with Crippen molar-refractivity contribution in [2.45, 2.75) is 52.6 Å². The first-order valence-corrected chi connectivity index (χ1v) is 7.74. The minimum absolute atomic E-state index is 0.342. The third-order valence-electron chi connectivity index (χ3n) is 2.63. The highest BCUT2D eigenvalue weighted by Gasteiger charge is 2.04. The summed E-state index contributed by atoms with van der Waals surface area (Å²) >= 11 is 1.77. The Morgan fingerprint density at radius 1 is 1.28 bits per heavy atom. The van der Waals surface area contributed by atoms with Crippen LogP contribution in [0.4, 0.5) is 0 Å². The van der Waals surface area contributed by atoms with Crippen molar-refractivity contribution < 1.29 is 4.74 Å². The number of thiazole rings is 1. The molecule has 0 atom stereocenters. The van der Waals surface area contributed by atoms with Crippen LogP contribution in [-0.4, -0.2) is 30.8 Å². The normalized spacial score (nSPS) is 11.7. The molecule has 1 aromatic heterocycles. The second-order valence-electron chi connectivity index (χ2n) is 5.09. The van der Waals surface area contributed by atoms with Crippen molar-refractivity contribution in [1.29, 1.82) is 0 Å². The predicted octanol–water partition coefficient (Wildman–Crippen LogP) is 3.21. The molecule has 4 heteroatoms. The van der Waals surface area contributed by atoms with Crippen LogP contribution >= 0.6 is 11.3 Å². The quantitative estimate of drug-likeness (QED) is 0.700. The molecule has 0 aromatic carbocycles. The van der Waals surface area contributed by atoms with Crippen LogP contribution in [0, 0.1) is 0 Å². The molecule has 0 aliphatic rings. The molecule has 0 spiro atoms. The molecule has 1 rings (SSSR count). The Bertz CT molecular complexity index is 323. The molecule has 104 valence electrons. The molecule has 0 radical (unpaired) electrons. The average molecular weight is 270 g/mol. The Labute approximate surface area is 115 Å². The highest BCUT2D eigenvalue weighted by molar-refractivity contribution is 7.09. The monoisotopic (exact) mass is 270 g/mol. The maximum absolute atomic E-state index is 5.49.